The molecular formula is C16H16N2O6S. The summed E-state index contributed by atoms with van der Waals surface area (Å²) in [5, 5.41) is 10.6. The summed E-state index contributed by atoms with van der Waals surface area (Å²) in [5.41, 5.74) is 0.953. The molecular weight excluding hydrogens is 348 g/mol. The number of non-ortho nitro benzene ring substituents is 1. The Balaban J connectivity index is 2.25. The van der Waals surface area contributed by atoms with E-state index in [-0.39, 0.29) is 17.2 Å². The third-order valence-corrected chi connectivity index (χ3v) is 4.72. The predicted molar refractivity (Wildman–Crippen MR) is 91.0 cm³/mol. The summed E-state index contributed by atoms with van der Waals surface area (Å²) in [6.45, 7) is 3.58. The van der Waals surface area contributed by atoms with Gasteiger partial charge in [-0.15, -0.1) is 0 Å². The standard InChI is InChI=1S/C16H16N2O6S/c1-3-24-16(19)12-4-9-15(11(2)10-12)17-25(22,23)14-7-5-13(6-8-14)18(20)21/h4-10,17H,3H2,1-2H3. The quantitative estimate of drug-likeness (QED) is 0.479. The molecule has 8 nitrogen and oxygen atoms in total. The van der Waals surface area contributed by atoms with E-state index in [1.54, 1.807) is 13.8 Å². The highest BCUT2D eigenvalue weighted by molar-refractivity contribution is 7.92. The third-order valence-electron chi connectivity index (χ3n) is 3.34. The van der Waals surface area contributed by atoms with Crippen molar-refractivity contribution >= 4 is 27.4 Å². The molecule has 1 N–H and O–H groups in total. The molecule has 132 valence electrons. The first-order chi connectivity index (χ1) is 11.7. The summed E-state index contributed by atoms with van der Waals surface area (Å²) in [6, 6.07) is 8.98. The van der Waals surface area contributed by atoms with Crippen LogP contribution in [0.2, 0.25) is 0 Å². The number of hydrogen-bond acceptors (Lipinski definition) is 6. The highest BCUT2D eigenvalue weighted by Crippen LogP contribution is 2.22. The first kappa shape index (κ1) is 18.4. The second-order valence-electron chi connectivity index (χ2n) is 5.11. The molecule has 2 aromatic carbocycles. The first-order valence-electron chi connectivity index (χ1n) is 7.29. The Morgan fingerprint density at radius 3 is 2.36 bits per heavy atom. The van der Waals surface area contributed by atoms with E-state index in [0.29, 0.717) is 16.8 Å². The van der Waals surface area contributed by atoms with Gasteiger partial charge in [-0.1, -0.05) is 0 Å². The Labute approximate surface area is 144 Å². The fourth-order valence-electron chi connectivity index (χ4n) is 2.07. The summed E-state index contributed by atoms with van der Waals surface area (Å²) < 4.78 is 32.1. The molecule has 0 amide bonds. The van der Waals surface area contributed by atoms with Gasteiger partial charge in [-0.05, 0) is 49.7 Å². The average molecular weight is 364 g/mol. The number of carbonyl (C=O) groups excluding carboxylic acids is 1. The van der Waals surface area contributed by atoms with Crippen LogP contribution in [0.25, 0.3) is 0 Å². The lowest BCUT2D eigenvalue weighted by molar-refractivity contribution is -0.384. The van der Waals surface area contributed by atoms with Crippen LogP contribution in [0.15, 0.2) is 47.4 Å². The summed E-state index contributed by atoms with van der Waals surface area (Å²) in [5.74, 6) is -0.490. The van der Waals surface area contributed by atoms with Crippen LogP contribution in [0.4, 0.5) is 11.4 Å². The van der Waals surface area contributed by atoms with E-state index in [1.807, 2.05) is 0 Å². The molecule has 0 saturated heterocycles. The number of nitro groups is 1. The van der Waals surface area contributed by atoms with Crippen molar-refractivity contribution in [2.75, 3.05) is 11.3 Å². The maximum Gasteiger partial charge on any atom is 0.338 e. The maximum atomic E-state index is 12.4. The van der Waals surface area contributed by atoms with Gasteiger partial charge in [0.15, 0.2) is 0 Å². The van der Waals surface area contributed by atoms with E-state index in [4.69, 9.17) is 4.74 Å². The van der Waals surface area contributed by atoms with Crippen LogP contribution in [0, 0.1) is 17.0 Å². The van der Waals surface area contributed by atoms with Gasteiger partial charge in [-0.3, -0.25) is 14.8 Å². The van der Waals surface area contributed by atoms with Crippen molar-refractivity contribution in [2.24, 2.45) is 0 Å². The second-order valence-corrected chi connectivity index (χ2v) is 6.79. The molecule has 9 heteroatoms. The van der Waals surface area contributed by atoms with Crippen molar-refractivity contribution in [3.63, 3.8) is 0 Å². The number of nitrogens with one attached hydrogen (secondary N) is 1. The average Bonchev–Trinajstić information content (AvgIpc) is 2.57. The van der Waals surface area contributed by atoms with Crippen LogP contribution >= 0.6 is 0 Å². The second kappa shape index (κ2) is 7.31. The molecule has 0 unspecified atom stereocenters. The Morgan fingerprint density at radius 2 is 1.84 bits per heavy atom. The zero-order valence-corrected chi connectivity index (χ0v) is 14.4. The molecule has 0 atom stereocenters. The number of benzene rings is 2. The SMILES string of the molecule is CCOC(=O)c1ccc(NS(=O)(=O)c2ccc([N+](=O)[O-])cc2)c(C)c1. The summed E-state index contributed by atoms with van der Waals surface area (Å²) >= 11 is 0. The van der Waals surface area contributed by atoms with Crippen LogP contribution in [0.3, 0.4) is 0 Å². The topological polar surface area (TPSA) is 116 Å². The van der Waals surface area contributed by atoms with Gasteiger partial charge >= 0.3 is 5.97 Å². The minimum atomic E-state index is -3.91. The molecule has 0 bridgehead atoms. The van der Waals surface area contributed by atoms with Crippen LogP contribution in [-0.2, 0) is 14.8 Å². The van der Waals surface area contributed by atoms with E-state index in [2.05, 4.69) is 4.72 Å². The number of nitro benzene ring substituents is 1. The largest absolute Gasteiger partial charge is 0.462 e. The number of anilines is 1. The van der Waals surface area contributed by atoms with Gasteiger partial charge in [0.25, 0.3) is 15.7 Å². The minimum Gasteiger partial charge on any atom is -0.462 e. The fraction of sp³-hybridized carbons (Fsp3) is 0.188. The smallest absolute Gasteiger partial charge is 0.338 e. The van der Waals surface area contributed by atoms with Gasteiger partial charge in [0.1, 0.15) is 0 Å². The van der Waals surface area contributed by atoms with Crippen LogP contribution in [-0.4, -0.2) is 25.9 Å². The van der Waals surface area contributed by atoms with E-state index < -0.39 is 20.9 Å². The van der Waals surface area contributed by atoms with E-state index in [0.717, 1.165) is 24.3 Å². The Hall–Kier alpha value is -2.94. The number of carbonyl (C=O) groups is 1. The molecule has 0 aliphatic heterocycles. The first-order valence-corrected chi connectivity index (χ1v) is 8.78. The zero-order chi connectivity index (χ0) is 18.6. The normalized spacial score (nSPS) is 11.0. The van der Waals surface area contributed by atoms with E-state index in [1.165, 1.54) is 18.2 Å². The summed E-state index contributed by atoms with van der Waals surface area (Å²) in [7, 11) is -3.91. The van der Waals surface area contributed by atoms with Crippen molar-refractivity contribution in [3.8, 4) is 0 Å². The van der Waals surface area contributed by atoms with Crippen LogP contribution in [0.1, 0.15) is 22.8 Å². The third kappa shape index (κ3) is 4.32. The number of aryl methyl sites for hydroxylation is 1. The summed E-state index contributed by atoms with van der Waals surface area (Å²) in [6.07, 6.45) is 0. The lowest BCUT2D eigenvalue weighted by Gasteiger charge is -2.11. The highest BCUT2D eigenvalue weighted by Gasteiger charge is 2.17. The number of hydrogen-bond donors (Lipinski definition) is 1. The Kier molecular flexibility index (Phi) is 5.38. The van der Waals surface area contributed by atoms with Crippen LogP contribution in [0.5, 0.6) is 0 Å². The molecule has 0 heterocycles. The molecule has 0 radical (unpaired) electrons. The molecule has 0 saturated carbocycles. The molecule has 0 spiro atoms. The molecule has 25 heavy (non-hydrogen) atoms. The Bertz CT molecular complexity index is 907. The number of rotatable bonds is 6. The van der Waals surface area contributed by atoms with Gasteiger partial charge in [0.05, 0.1) is 27.7 Å². The van der Waals surface area contributed by atoms with Crippen molar-refractivity contribution in [1.29, 1.82) is 0 Å². The van der Waals surface area contributed by atoms with Crippen molar-refractivity contribution < 1.29 is 22.9 Å². The molecule has 0 aliphatic rings. The van der Waals surface area contributed by atoms with E-state index >= 15 is 0 Å². The monoisotopic (exact) mass is 364 g/mol. The lowest BCUT2D eigenvalue weighted by Crippen LogP contribution is -2.14. The van der Waals surface area contributed by atoms with Crippen molar-refractivity contribution in [2.45, 2.75) is 18.7 Å². The van der Waals surface area contributed by atoms with E-state index in [9.17, 15) is 23.3 Å². The maximum absolute atomic E-state index is 12.4. The number of esters is 1. The highest BCUT2D eigenvalue weighted by atomic mass is 32.2. The molecule has 2 rings (SSSR count). The number of ether oxygens (including phenoxy) is 1. The Morgan fingerprint density at radius 1 is 1.20 bits per heavy atom. The molecule has 0 aliphatic carbocycles. The van der Waals surface area contributed by atoms with Gasteiger partial charge in [-0.25, -0.2) is 13.2 Å². The van der Waals surface area contributed by atoms with Crippen LogP contribution < -0.4 is 4.72 Å². The minimum absolute atomic E-state index is 0.105. The lowest BCUT2D eigenvalue weighted by atomic mass is 10.1. The molecule has 0 aromatic heterocycles. The number of sulfonamides is 1. The molecule has 2 aromatic rings. The zero-order valence-electron chi connectivity index (χ0n) is 13.6. The summed E-state index contributed by atoms with van der Waals surface area (Å²) in [4.78, 5) is 21.6. The fourth-order valence-corrected chi connectivity index (χ4v) is 3.20. The van der Waals surface area contributed by atoms with Gasteiger partial charge in [0, 0.05) is 12.1 Å². The molecule has 0 fully saturated rings. The van der Waals surface area contributed by atoms with Gasteiger partial charge in [-0.2, -0.15) is 0 Å². The van der Waals surface area contributed by atoms with Gasteiger partial charge < -0.3 is 4.74 Å². The van der Waals surface area contributed by atoms with Crippen molar-refractivity contribution in [3.05, 3.63) is 63.7 Å². The number of nitrogens with zero attached hydrogens (tertiary/aromatic N) is 1. The van der Waals surface area contributed by atoms with Gasteiger partial charge in [0.2, 0.25) is 0 Å². The predicted octanol–water partition coefficient (Wildman–Crippen LogP) is 2.88. The van der Waals surface area contributed by atoms with Crippen molar-refractivity contribution in [1.82, 2.24) is 0 Å².